The molecule has 16 fully saturated rings. The van der Waals surface area contributed by atoms with Gasteiger partial charge in [0, 0.05) is 62.2 Å². The maximum atomic E-state index is 9.31. The van der Waals surface area contributed by atoms with Gasteiger partial charge in [0.2, 0.25) is 29.1 Å². The van der Waals surface area contributed by atoms with Crippen LogP contribution in [0.4, 0.5) is 69.3 Å². The van der Waals surface area contributed by atoms with Crippen molar-refractivity contribution in [3.63, 3.8) is 0 Å². The lowest BCUT2D eigenvalue weighted by molar-refractivity contribution is -0.0419. The van der Waals surface area contributed by atoms with Crippen molar-refractivity contribution in [3.05, 3.63) is 329 Å². The van der Waals surface area contributed by atoms with Gasteiger partial charge in [0.1, 0.15) is 0 Å². The molecule has 8 heterocycles. The van der Waals surface area contributed by atoms with Crippen LogP contribution in [-0.2, 0) is 21.7 Å². The van der Waals surface area contributed by atoms with E-state index in [1.807, 2.05) is 41.7 Å². The number of fused-ring (bicyclic) bond motifs is 14. The van der Waals surface area contributed by atoms with Crippen LogP contribution < -0.4 is 25.1 Å². The molecule has 4 aromatic heterocycles. The third kappa shape index (κ3) is 10.9. The van der Waals surface area contributed by atoms with Crippen molar-refractivity contribution in [1.29, 1.82) is 0 Å². The van der Waals surface area contributed by atoms with Crippen molar-refractivity contribution in [2.75, 3.05) is 19.6 Å². The van der Waals surface area contributed by atoms with E-state index in [1.165, 1.54) is 249 Å². The van der Waals surface area contributed by atoms with Crippen molar-refractivity contribution in [3.8, 4) is 11.4 Å². The largest absolute Gasteiger partial charge is 0.489 e. The highest BCUT2D eigenvalue weighted by Gasteiger charge is 2.67. The van der Waals surface area contributed by atoms with Crippen molar-refractivity contribution < 1.29 is 10.0 Å². The lowest BCUT2D eigenvalue weighted by atomic mass is 9.41. The number of rotatable bonds is 6. The van der Waals surface area contributed by atoms with Crippen LogP contribution in [0.5, 0.6) is 0 Å². The Labute approximate surface area is 795 Å². The molecule has 16 heteroatoms. The summed E-state index contributed by atoms with van der Waals surface area (Å²) in [6.07, 6.45) is 27.2. The Balaban J connectivity index is 0.000000111. The van der Waals surface area contributed by atoms with Crippen molar-refractivity contribution in [2.24, 2.45) is 94.7 Å². The number of nitrogens with zero attached hydrogens (tertiary/aromatic N) is 10. The average Bonchev–Trinajstić information content (AvgIpc) is 0.825. The third-order valence-corrected chi connectivity index (χ3v) is 40.4. The number of hydrogen-bond acceptors (Lipinski definition) is 14. The Morgan fingerprint density at radius 2 is 0.478 bits per heavy atom. The second-order valence-electron chi connectivity index (χ2n) is 43.6. The van der Waals surface area contributed by atoms with Crippen LogP contribution in [0, 0.1) is 94.7 Å². The van der Waals surface area contributed by atoms with Crippen LogP contribution in [0.15, 0.2) is 279 Å². The zero-order chi connectivity index (χ0) is 87.9. The number of para-hydroxylation sites is 8. The Hall–Kier alpha value is -11.4. The molecule has 16 aromatic rings. The standard InChI is InChI=1S/C59H51N5S.C47H44ClN5.C12H9BO2S/c1-10-23-53-42(12-1)43-13-11-14-44(54(43)65-53)55-60-56(63-49-19-6-2-15-45(49)58(46-16-3-7-20-50(46)63)38-26-34-24-35(28-38)29-39(58)27-34)62-57(61-55)64-51-21-8-4-17-47(51)59(48-18-5-9-22-52(48)64)40-30-36-25-37(32-40)33-41(59)31-36;48-43-49-44(52-39-13-5-1-9-35(39)46(36-10-2-6-14-40(36)52)31-19-27-17-28(21-31)22-32(46)20-27)51-45(50-43)53-41-15-7-3-11-37(41)47(38-12-4-8-16-42(38)53)33-23-29-18-30(25-33)26-34(47)24-29;14-13(15)10-6-3-5-9-8-4-1-2-7-11(8)16-12(9)10/h1-23,34-41H,24-33H2;1-16,27-34H,17-26H2;1-7,14-15H. The van der Waals surface area contributed by atoms with Crippen molar-refractivity contribution >= 4 is 156 Å². The summed E-state index contributed by atoms with van der Waals surface area (Å²) >= 11 is 10.5. The van der Waals surface area contributed by atoms with Crippen LogP contribution in [0.3, 0.4) is 0 Å². The third-order valence-electron chi connectivity index (χ3n) is 37.8. The molecule has 16 bridgehead atoms. The maximum Gasteiger partial charge on any atom is 0.489 e. The first kappa shape index (κ1) is 78.9. The van der Waals surface area contributed by atoms with Gasteiger partial charge in [-0.15, -0.1) is 22.7 Å². The molecule has 12 aromatic carbocycles. The summed E-state index contributed by atoms with van der Waals surface area (Å²) in [6, 6.07) is 103. The monoisotopic (exact) mass is 1800 g/mol. The molecule has 660 valence electrons. The highest BCUT2D eigenvalue weighted by atomic mass is 35.5. The van der Waals surface area contributed by atoms with Gasteiger partial charge in [0.15, 0.2) is 5.82 Å². The molecule has 4 aliphatic heterocycles. The molecule has 0 saturated heterocycles. The molecule has 4 spiro atoms. The van der Waals surface area contributed by atoms with Gasteiger partial charge in [0.25, 0.3) is 0 Å². The van der Waals surface area contributed by atoms with E-state index >= 15 is 0 Å². The smallest absolute Gasteiger partial charge is 0.423 e. The van der Waals surface area contributed by atoms with Crippen LogP contribution in [0.1, 0.15) is 173 Å². The van der Waals surface area contributed by atoms with Crippen LogP contribution in [-0.4, -0.2) is 47.1 Å². The molecule has 0 atom stereocenters. The maximum absolute atomic E-state index is 9.31. The van der Waals surface area contributed by atoms with Gasteiger partial charge in [-0.1, -0.05) is 212 Å². The lowest BCUT2D eigenvalue weighted by Gasteiger charge is -2.64. The minimum Gasteiger partial charge on any atom is -0.423 e. The van der Waals surface area contributed by atoms with E-state index in [0.29, 0.717) is 76.6 Å². The number of hydrogen-bond donors (Lipinski definition) is 2. The minimum atomic E-state index is -1.41. The quantitative estimate of drug-likeness (QED) is 0.154. The van der Waals surface area contributed by atoms with E-state index in [9.17, 15) is 10.0 Å². The average molecular weight is 1800 g/mol. The fraction of sp³-hybridized carbons (Fsp3) is 0.339. The van der Waals surface area contributed by atoms with Gasteiger partial charge in [-0.25, -0.2) is 0 Å². The predicted molar refractivity (Wildman–Crippen MR) is 542 cm³/mol. The molecule has 16 saturated carbocycles. The molecule has 12 nitrogen and oxygen atoms in total. The summed E-state index contributed by atoms with van der Waals surface area (Å²) in [5, 5.41) is 23.6. The van der Waals surface area contributed by atoms with Gasteiger partial charge in [-0.3, -0.25) is 19.6 Å². The molecular formula is C118H104BClN10O2S2. The number of halogens is 1. The highest BCUT2D eigenvalue weighted by molar-refractivity contribution is 7.27. The molecule has 16 aliphatic carbocycles. The van der Waals surface area contributed by atoms with E-state index < -0.39 is 7.12 Å². The molecule has 20 aliphatic rings. The van der Waals surface area contributed by atoms with Crippen molar-refractivity contribution in [2.45, 2.75) is 150 Å². The number of aromatic nitrogens is 6. The Morgan fingerprint density at radius 1 is 0.246 bits per heavy atom. The fourth-order valence-corrected chi connectivity index (χ4v) is 37.0. The lowest BCUT2D eigenvalue weighted by Crippen LogP contribution is -2.57. The minimum absolute atomic E-state index is 0.00378. The second-order valence-corrected chi connectivity index (χ2v) is 46.1. The Kier molecular flexibility index (Phi) is 17.2. The molecule has 134 heavy (non-hydrogen) atoms. The fourth-order valence-electron chi connectivity index (χ4n) is 34.4. The van der Waals surface area contributed by atoms with Gasteiger partial charge < -0.3 is 10.0 Å². The SMILES string of the molecule is Clc1nc(N2c3ccccc3C3(c4ccccc42)C2CC4CC(C2)CC3C4)nc(N2c3ccccc3C3(c4ccccc42)C2CC4CC(C2)CC3C4)n1.OB(O)c1cccc2c1sc1ccccc12.c1ccc2c(c1)N(c1nc(-c3cccc4c3sc3ccccc34)nc(N3c4ccccc4C4(c5ccccc53)C3CC5CC(C3)CC4C5)n1)c1ccccc1C21C2CC3CC(C2)CC1C3. The van der Waals surface area contributed by atoms with E-state index in [2.05, 4.69) is 262 Å². The number of thiophene rings is 2. The van der Waals surface area contributed by atoms with E-state index in [-0.39, 0.29) is 26.9 Å². The molecule has 0 radical (unpaired) electrons. The molecular weight excluding hydrogens is 1700 g/mol. The molecule has 36 rings (SSSR count). The first-order valence-corrected chi connectivity index (χ1v) is 52.3. The predicted octanol–water partition coefficient (Wildman–Crippen LogP) is 28.3. The first-order chi connectivity index (χ1) is 66.0. The number of anilines is 12. The van der Waals surface area contributed by atoms with Gasteiger partial charge in [-0.05, 0) is 357 Å². The molecule has 0 amide bonds. The van der Waals surface area contributed by atoms with Crippen LogP contribution >= 0.6 is 34.3 Å². The van der Waals surface area contributed by atoms with Crippen LogP contribution in [0.2, 0.25) is 5.28 Å². The second kappa shape index (κ2) is 29.3. The first-order valence-electron chi connectivity index (χ1n) is 50.3. The van der Waals surface area contributed by atoms with E-state index in [0.717, 1.165) is 68.8 Å². The summed E-state index contributed by atoms with van der Waals surface area (Å²) < 4.78 is 4.63. The summed E-state index contributed by atoms with van der Waals surface area (Å²) in [7, 11) is -1.41. The zero-order valence-corrected chi connectivity index (χ0v) is 77.5. The van der Waals surface area contributed by atoms with E-state index in [4.69, 9.17) is 41.5 Å². The van der Waals surface area contributed by atoms with Gasteiger partial charge in [-0.2, -0.15) is 29.9 Å². The van der Waals surface area contributed by atoms with E-state index in [1.54, 1.807) is 17.4 Å². The number of benzene rings is 12. The summed E-state index contributed by atoms with van der Waals surface area (Å²) in [6.45, 7) is 0. The topological polar surface area (TPSA) is 131 Å². The normalized spacial score (nSPS) is 28.1. The summed E-state index contributed by atoms with van der Waals surface area (Å²) in [4.78, 5) is 42.1. The molecule has 2 N–H and O–H groups in total. The molecule has 0 unspecified atom stereocenters. The van der Waals surface area contributed by atoms with Crippen LogP contribution in [0.25, 0.3) is 51.7 Å². The van der Waals surface area contributed by atoms with Gasteiger partial charge in [0.05, 0.1) is 45.5 Å². The Bertz CT molecular complexity index is 6960. The summed E-state index contributed by atoms with van der Waals surface area (Å²) in [5.41, 5.74) is 23.0. The van der Waals surface area contributed by atoms with Crippen molar-refractivity contribution in [1.82, 2.24) is 29.9 Å². The summed E-state index contributed by atoms with van der Waals surface area (Å²) in [5.74, 6) is 15.6. The Morgan fingerprint density at radius 3 is 0.761 bits per heavy atom. The highest BCUT2D eigenvalue weighted by Crippen LogP contribution is 2.75. The zero-order valence-electron chi connectivity index (χ0n) is 75.1. The van der Waals surface area contributed by atoms with Gasteiger partial charge >= 0.3 is 7.12 Å².